The van der Waals surface area contributed by atoms with Crippen molar-refractivity contribution < 1.29 is 14.3 Å². The van der Waals surface area contributed by atoms with E-state index in [9.17, 15) is 4.79 Å². The fraction of sp³-hybridized carbons (Fsp3) is 0.381. The number of hydrogen-bond acceptors (Lipinski definition) is 3. The lowest BCUT2D eigenvalue weighted by molar-refractivity contribution is 0.0661. The van der Waals surface area contributed by atoms with Crippen LogP contribution in [0.25, 0.3) is 0 Å². The number of fused-ring (bicyclic) bond motifs is 1. The lowest BCUT2D eigenvalue weighted by Gasteiger charge is -2.32. The van der Waals surface area contributed by atoms with Gasteiger partial charge in [0.1, 0.15) is 11.5 Å². The van der Waals surface area contributed by atoms with Gasteiger partial charge in [0, 0.05) is 25.1 Å². The molecule has 1 saturated heterocycles. The molecule has 1 fully saturated rings. The molecule has 2 aliphatic rings. The summed E-state index contributed by atoms with van der Waals surface area (Å²) in [5, 5.41) is 0. The molecule has 2 aromatic rings. The number of likely N-dealkylation sites (tertiary alicyclic amines) is 1. The molecule has 0 saturated carbocycles. The number of ether oxygens (including phenoxy) is 2. The van der Waals surface area contributed by atoms with Gasteiger partial charge in [-0.05, 0) is 54.7 Å². The Hall–Kier alpha value is -2.49. The smallest absolute Gasteiger partial charge is 0.253 e. The van der Waals surface area contributed by atoms with E-state index in [1.165, 1.54) is 0 Å². The average molecular weight is 337 g/mol. The molecule has 0 unspecified atom stereocenters. The van der Waals surface area contributed by atoms with Gasteiger partial charge in [0.2, 0.25) is 0 Å². The number of para-hydroxylation sites is 1. The van der Waals surface area contributed by atoms with Crippen LogP contribution in [0.15, 0.2) is 48.5 Å². The predicted molar refractivity (Wildman–Crippen MR) is 96.2 cm³/mol. The van der Waals surface area contributed by atoms with Crippen molar-refractivity contribution >= 4 is 5.91 Å². The van der Waals surface area contributed by atoms with Crippen LogP contribution in [0.5, 0.6) is 11.5 Å². The summed E-state index contributed by atoms with van der Waals surface area (Å²) < 4.78 is 11.4. The van der Waals surface area contributed by atoms with E-state index in [4.69, 9.17) is 9.47 Å². The summed E-state index contributed by atoms with van der Waals surface area (Å²) in [7, 11) is 0. The molecule has 2 aromatic carbocycles. The molecule has 2 aliphatic heterocycles. The molecule has 4 rings (SSSR count). The molecule has 1 amide bonds. The maximum absolute atomic E-state index is 12.7. The summed E-state index contributed by atoms with van der Waals surface area (Å²) in [6.45, 7) is 3.05. The number of carbonyl (C=O) groups excluding carboxylic acids is 1. The summed E-state index contributed by atoms with van der Waals surface area (Å²) in [6.07, 6.45) is 2.88. The maximum Gasteiger partial charge on any atom is 0.253 e. The highest BCUT2D eigenvalue weighted by Crippen LogP contribution is 2.27. The predicted octanol–water partition coefficient (Wildman–Crippen LogP) is 3.55. The van der Waals surface area contributed by atoms with Gasteiger partial charge in [-0.2, -0.15) is 0 Å². The van der Waals surface area contributed by atoms with Gasteiger partial charge in [-0.1, -0.05) is 18.2 Å². The Labute approximate surface area is 148 Å². The molecule has 0 radical (unpaired) electrons. The molecule has 2 heterocycles. The quantitative estimate of drug-likeness (QED) is 0.856. The number of rotatable bonds is 4. The molecule has 0 spiro atoms. The summed E-state index contributed by atoms with van der Waals surface area (Å²) >= 11 is 0. The molecule has 4 nitrogen and oxygen atoms in total. The first-order chi connectivity index (χ1) is 12.3. The van der Waals surface area contributed by atoms with E-state index in [1.807, 2.05) is 53.4 Å². The first-order valence-corrected chi connectivity index (χ1v) is 9.02. The molecule has 25 heavy (non-hydrogen) atoms. The molecular weight excluding hydrogens is 314 g/mol. The van der Waals surface area contributed by atoms with Crippen molar-refractivity contribution in [1.82, 2.24) is 4.90 Å². The Morgan fingerprint density at radius 1 is 1.12 bits per heavy atom. The highest BCUT2D eigenvalue weighted by atomic mass is 16.5. The molecular formula is C21H23NO3. The van der Waals surface area contributed by atoms with Crippen LogP contribution in [0, 0.1) is 5.92 Å². The third-order valence-electron chi connectivity index (χ3n) is 5.07. The zero-order valence-corrected chi connectivity index (χ0v) is 14.3. The second-order valence-electron chi connectivity index (χ2n) is 6.78. The third kappa shape index (κ3) is 3.63. The Morgan fingerprint density at radius 3 is 2.72 bits per heavy atom. The van der Waals surface area contributed by atoms with Crippen LogP contribution in [-0.4, -0.2) is 37.1 Å². The first-order valence-electron chi connectivity index (χ1n) is 9.02. The van der Waals surface area contributed by atoms with Gasteiger partial charge in [0.15, 0.2) is 0 Å². The monoisotopic (exact) mass is 337 g/mol. The lowest BCUT2D eigenvalue weighted by Crippen LogP contribution is -2.39. The largest absolute Gasteiger partial charge is 0.493 e. The van der Waals surface area contributed by atoms with E-state index in [0.29, 0.717) is 5.92 Å². The zero-order chi connectivity index (χ0) is 17.1. The zero-order valence-electron chi connectivity index (χ0n) is 14.3. The molecule has 130 valence electrons. The molecule has 0 bridgehead atoms. The van der Waals surface area contributed by atoms with Crippen LogP contribution in [0.1, 0.15) is 28.8 Å². The number of piperidine rings is 1. The van der Waals surface area contributed by atoms with Crippen molar-refractivity contribution in [2.24, 2.45) is 5.92 Å². The maximum atomic E-state index is 12.7. The van der Waals surface area contributed by atoms with E-state index < -0.39 is 0 Å². The van der Waals surface area contributed by atoms with E-state index in [1.54, 1.807) is 0 Å². The Balaban J connectivity index is 1.30. The van der Waals surface area contributed by atoms with Crippen LogP contribution in [-0.2, 0) is 6.42 Å². The van der Waals surface area contributed by atoms with Crippen LogP contribution in [0.4, 0.5) is 0 Å². The van der Waals surface area contributed by atoms with Crippen molar-refractivity contribution in [1.29, 1.82) is 0 Å². The summed E-state index contributed by atoms with van der Waals surface area (Å²) in [6, 6.07) is 15.7. The number of nitrogens with zero attached hydrogens (tertiary/aromatic N) is 1. The molecule has 0 N–H and O–H groups in total. The minimum Gasteiger partial charge on any atom is -0.493 e. The fourth-order valence-electron chi connectivity index (χ4n) is 3.54. The minimum absolute atomic E-state index is 0.136. The first kappa shape index (κ1) is 16.0. The van der Waals surface area contributed by atoms with Gasteiger partial charge >= 0.3 is 0 Å². The number of amides is 1. The average Bonchev–Trinajstić information content (AvgIpc) is 3.15. The second-order valence-corrected chi connectivity index (χ2v) is 6.78. The summed E-state index contributed by atoms with van der Waals surface area (Å²) in [5.74, 6) is 2.49. The Bertz CT molecular complexity index is 736. The second kappa shape index (κ2) is 7.18. The van der Waals surface area contributed by atoms with Crippen LogP contribution >= 0.6 is 0 Å². The van der Waals surface area contributed by atoms with Gasteiger partial charge in [0.25, 0.3) is 5.91 Å². The van der Waals surface area contributed by atoms with Crippen molar-refractivity contribution in [3.05, 3.63) is 59.7 Å². The molecule has 0 atom stereocenters. The molecule has 4 heteroatoms. The lowest BCUT2D eigenvalue weighted by atomic mass is 9.97. The molecule has 0 aromatic heterocycles. The van der Waals surface area contributed by atoms with Gasteiger partial charge in [0.05, 0.1) is 13.2 Å². The Morgan fingerprint density at radius 2 is 1.92 bits per heavy atom. The minimum atomic E-state index is 0.136. The van der Waals surface area contributed by atoms with Crippen molar-refractivity contribution in [2.45, 2.75) is 19.3 Å². The van der Waals surface area contributed by atoms with Crippen LogP contribution in [0.3, 0.4) is 0 Å². The highest BCUT2D eigenvalue weighted by Gasteiger charge is 2.25. The number of carbonyl (C=O) groups is 1. The van der Waals surface area contributed by atoms with Crippen molar-refractivity contribution in [3.63, 3.8) is 0 Å². The van der Waals surface area contributed by atoms with E-state index in [0.717, 1.165) is 68.2 Å². The van der Waals surface area contributed by atoms with Crippen molar-refractivity contribution in [2.75, 3.05) is 26.3 Å². The summed E-state index contributed by atoms with van der Waals surface area (Å²) in [4.78, 5) is 14.7. The normalized spacial score (nSPS) is 17.0. The van der Waals surface area contributed by atoms with Gasteiger partial charge < -0.3 is 14.4 Å². The number of hydrogen-bond donors (Lipinski definition) is 0. The topological polar surface area (TPSA) is 38.8 Å². The van der Waals surface area contributed by atoms with E-state index >= 15 is 0 Å². The highest BCUT2D eigenvalue weighted by molar-refractivity contribution is 5.94. The van der Waals surface area contributed by atoms with Gasteiger partial charge in [-0.15, -0.1) is 0 Å². The SMILES string of the molecule is O=C(c1ccc2c(c1)CCO2)N1CCC(COc2ccccc2)CC1. The standard InChI is InChI=1S/C21H23NO3/c23-21(18-6-7-20-17(14-18)10-13-24-20)22-11-8-16(9-12-22)15-25-19-4-2-1-3-5-19/h1-7,14,16H,8-13,15H2. The van der Waals surface area contributed by atoms with Crippen LogP contribution in [0.2, 0.25) is 0 Å². The Kier molecular flexibility index (Phi) is 4.59. The third-order valence-corrected chi connectivity index (χ3v) is 5.07. The fourth-order valence-corrected chi connectivity index (χ4v) is 3.54. The van der Waals surface area contributed by atoms with Crippen LogP contribution < -0.4 is 9.47 Å². The number of benzene rings is 2. The van der Waals surface area contributed by atoms with E-state index in [-0.39, 0.29) is 5.91 Å². The molecule has 0 aliphatic carbocycles. The van der Waals surface area contributed by atoms with Crippen molar-refractivity contribution in [3.8, 4) is 11.5 Å². The van der Waals surface area contributed by atoms with E-state index in [2.05, 4.69) is 0 Å². The van der Waals surface area contributed by atoms with Gasteiger partial charge in [-0.3, -0.25) is 4.79 Å². The summed E-state index contributed by atoms with van der Waals surface area (Å²) in [5.41, 5.74) is 1.93. The van der Waals surface area contributed by atoms with Gasteiger partial charge in [-0.25, -0.2) is 0 Å².